The zero-order valence-corrected chi connectivity index (χ0v) is 17.2. The van der Waals surface area contributed by atoms with Crippen molar-refractivity contribution >= 4 is 5.91 Å². The van der Waals surface area contributed by atoms with Gasteiger partial charge in [-0.15, -0.1) is 16.7 Å². The molecule has 1 fully saturated rings. The van der Waals surface area contributed by atoms with Crippen LogP contribution in [-0.4, -0.2) is 46.6 Å². The van der Waals surface area contributed by atoms with Crippen molar-refractivity contribution in [2.24, 2.45) is 0 Å². The lowest BCUT2D eigenvalue weighted by Gasteiger charge is -2.50. The molecule has 0 spiro atoms. The van der Waals surface area contributed by atoms with Crippen molar-refractivity contribution in [2.45, 2.75) is 70.6 Å². The van der Waals surface area contributed by atoms with E-state index in [0.29, 0.717) is 25.8 Å². The second-order valence-corrected chi connectivity index (χ2v) is 8.96. The molecule has 0 saturated carbocycles. The number of benzene rings is 1. The second kappa shape index (κ2) is 8.43. The highest BCUT2D eigenvalue weighted by atomic mass is 16.5. The van der Waals surface area contributed by atoms with E-state index in [1.165, 1.54) is 10.6 Å². The van der Waals surface area contributed by atoms with Gasteiger partial charge in [0.25, 0.3) is 0 Å². The van der Waals surface area contributed by atoms with E-state index in [0.717, 1.165) is 12.1 Å². The minimum absolute atomic E-state index is 0.00292. The number of piperidine rings is 1. The first-order chi connectivity index (χ1) is 12.5. The third kappa shape index (κ3) is 5.80. The lowest BCUT2D eigenvalue weighted by molar-refractivity contribution is -0.290. The molecule has 1 saturated heterocycles. The summed E-state index contributed by atoms with van der Waals surface area (Å²) in [6.07, 6.45) is 6.99. The van der Waals surface area contributed by atoms with Gasteiger partial charge in [-0.3, -0.25) is 9.69 Å². The van der Waals surface area contributed by atoms with Crippen LogP contribution in [0.1, 0.15) is 51.7 Å². The summed E-state index contributed by atoms with van der Waals surface area (Å²) in [5.74, 6) is 2.63. The molecule has 0 unspecified atom stereocenters. The van der Waals surface area contributed by atoms with Crippen LogP contribution in [0.2, 0.25) is 0 Å². The van der Waals surface area contributed by atoms with Gasteiger partial charge in [0.1, 0.15) is 0 Å². The summed E-state index contributed by atoms with van der Waals surface area (Å²) in [6.45, 7) is 9.16. The Hall–Kier alpha value is -1.87. The summed E-state index contributed by atoms with van der Waals surface area (Å²) >= 11 is 0. The first-order valence-corrected chi connectivity index (χ1v) is 9.50. The minimum atomic E-state index is -0.480. The first-order valence-electron chi connectivity index (χ1n) is 9.50. The predicted octanol–water partition coefficient (Wildman–Crippen LogP) is 2.78. The maximum Gasteiger partial charge on any atom is 0.224 e. The van der Waals surface area contributed by atoms with Gasteiger partial charge in [0.05, 0.1) is 13.0 Å². The first kappa shape index (κ1) is 21.4. The maximum atomic E-state index is 12.5. The van der Waals surface area contributed by atoms with Crippen molar-refractivity contribution in [1.82, 2.24) is 15.3 Å². The molecule has 27 heavy (non-hydrogen) atoms. The average molecular weight is 371 g/mol. The fourth-order valence-corrected chi connectivity index (χ4v) is 4.12. The van der Waals surface area contributed by atoms with Gasteiger partial charge in [-0.2, -0.15) is 0 Å². The van der Waals surface area contributed by atoms with Gasteiger partial charge < -0.3 is 5.32 Å². The highest BCUT2D eigenvalue weighted by Gasteiger charge is 2.46. The van der Waals surface area contributed by atoms with Crippen molar-refractivity contribution in [3.8, 4) is 12.3 Å². The van der Waals surface area contributed by atoms with Crippen LogP contribution in [0.4, 0.5) is 0 Å². The van der Waals surface area contributed by atoms with E-state index in [-0.39, 0.29) is 11.9 Å². The number of hydrogen-bond donors (Lipinski definition) is 1. The molecule has 0 aliphatic carbocycles. The normalized spacial score (nSPS) is 19.6. The minimum Gasteiger partial charge on any atom is -0.353 e. The molecule has 1 aromatic carbocycles. The van der Waals surface area contributed by atoms with Crippen LogP contribution in [0.25, 0.3) is 0 Å². The zero-order valence-electron chi connectivity index (χ0n) is 17.2. The third-order valence-electron chi connectivity index (χ3n) is 5.16. The number of carbonyl (C=O) groups is 1. The molecular weight excluding hydrogens is 338 g/mol. The summed E-state index contributed by atoms with van der Waals surface area (Å²) < 4.78 is 0. The van der Waals surface area contributed by atoms with Gasteiger partial charge in [0, 0.05) is 23.7 Å². The van der Waals surface area contributed by atoms with Gasteiger partial charge in [0.15, 0.2) is 0 Å². The molecule has 1 aromatic rings. The Kier molecular flexibility index (Phi) is 6.69. The number of hydrogen-bond acceptors (Lipinski definition) is 3. The molecule has 0 aromatic heterocycles. The molecule has 1 amide bonds. The number of nitrogens with one attached hydrogen (secondary N) is 1. The fraction of sp³-hybridized carbons (Fsp3) is 0.591. The summed E-state index contributed by atoms with van der Waals surface area (Å²) in [4.78, 5) is 14.6. The maximum absolute atomic E-state index is 12.5. The lowest BCUT2D eigenvalue weighted by atomic mass is 9.79. The molecule has 2 rings (SSSR count). The van der Waals surface area contributed by atoms with Gasteiger partial charge in [0.2, 0.25) is 5.91 Å². The Morgan fingerprint density at radius 1 is 1.19 bits per heavy atom. The van der Waals surface area contributed by atoms with Gasteiger partial charge in [-0.05, 0) is 58.7 Å². The highest BCUT2D eigenvalue weighted by Crippen LogP contribution is 2.36. The molecule has 0 bridgehead atoms. The second-order valence-electron chi connectivity index (χ2n) is 8.96. The number of nitrogens with zero attached hydrogens (tertiary/aromatic N) is 2. The van der Waals surface area contributed by atoms with Crippen LogP contribution in [-0.2, 0) is 23.0 Å². The van der Waals surface area contributed by atoms with Crippen molar-refractivity contribution in [3.05, 3.63) is 35.4 Å². The Balaban J connectivity index is 1.91. The Morgan fingerprint density at radius 3 is 2.22 bits per heavy atom. The number of amides is 1. The van der Waals surface area contributed by atoms with Crippen LogP contribution in [0.5, 0.6) is 0 Å². The van der Waals surface area contributed by atoms with Crippen LogP contribution in [0, 0.1) is 12.3 Å². The van der Waals surface area contributed by atoms with Crippen molar-refractivity contribution in [3.63, 3.8) is 0 Å². The molecule has 1 N–H and O–H groups in total. The number of rotatable bonds is 6. The van der Waals surface area contributed by atoms with Gasteiger partial charge in [-0.1, -0.05) is 30.2 Å². The third-order valence-corrected chi connectivity index (χ3v) is 5.16. The smallest absolute Gasteiger partial charge is 0.224 e. The summed E-state index contributed by atoms with van der Waals surface area (Å²) in [6, 6.07) is 8.08. The van der Waals surface area contributed by atoms with Crippen molar-refractivity contribution < 1.29 is 10.0 Å². The van der Waals surface area contributed by atoms with Crippen LogP contribution in [0.15, 0.2) is 24.3 Å². The number of hydroxylamine groups is 2. The standard InChI is InChI=1S/C22H32N3O2/c1-7-12-24(6)16-18-10-8-17(9-11-18)13-20(26)23-19-14-21(2,3)25(27)22(4,5)15-19/h1,8-11,19H,12-16H2,2-6H3,(H,23,26). The Morgan fingerprint density at radius 2 is 1.70 bits per heavy atom. The molecule has 5 nitrogen and oxygen atoms in total. The SMILES string of the molecule is C#CCN(C)Cc1ccc(CC(=O)NC2CC(C)(C)N([O])C(C)(C)C2)cc1. The van der Waals surface area contributed by atoms with E-state index >= 15 is 0 Å². The number of terminal acetylenes is 1. The lowest BCUT2D eigenvalue weighted by Crippen LogP contribution is -2.62. The van der Waals surface area contributed by atoms with Gasteiger partial charge >= 0.3 is 0 Å². The fourth-order valence-electron chi connectivity index (χ4n) is 4.12. The molecular formula is C22H32N3O2. The molecule has 1 aliphatic heterocycles. The van der Waals surface area contributed by atoms with Gasteiger partial charge in [-0.25, -0.2) is 0 Å². The quantitative estimate of drug-likeness (QED) is 0.784. The van der Waals surface area contributed by atoms with E-state index in [4.69, 9.17) is 6.42 Å². The largest absolute Gasteiger partial charge is 0.353 e. The van der Waals surface area contributed by atoms with E-state index in [2.05, 4.69) is 16.1 Å². The van der Waals surface area contributed by atoms with Crippen molar-refractivity contribution in [1.29, 1.82) is 0 Å². The van der Waals surface area contributed by atoms with Crippen LogP contribution in [0.3, 0.4) is 0 Å². The molecule has 147 valence electrons. The molecule has 1 aliphatic rings. The van der Waals surface area contributed by atoms with E-state index in [1.807, 2.05) is 59.0 Å². The topological polar surface area (TPSA) is 55.5 Å². The zero-order chi connectivity index (χ0) is 20.2. The Bertz CT molecular complexity index is 671. The van der Waals surface area contributed by atoms with E-state index in [1.54, 1.807) is 0 Å². The molecule has 1 heterocycles. The molecule has 0 atom stereocenters. The van der Waals surface area contributed by atoms with Crippen LogP contribution >= 0.6 is 0 Å². The van der Waals surface area contributed by atoms with E-state index < -0.39 is 11.1 Å². The Labute approximate surface area is 163 Å². The number of carbonyl (C=O) groups excluding carboxylic acids is 1. The van der Waals surface area contributed by atoms with Crippen molar-refractivity contribution in [2.75, 3.05) is 13.6 Å². The van der Waals surface area contributed by atoms with Crippen LogP contribution < -0.4 is 5.32 Å². The summed E-state index contributed by atoms with van der Waals surface area (Å²) in [5.41, 5.74) is 1.19. The summed E-state index contributed by atoms with van der Waals surface area (Å²) in [7, 11) is 1.98. The average Bonchev–Trinajstić information content (AvgIpc) is 2.54. The summed E-state index contributed by atoms with van der Waals surface area (Å²) in [5, 5.41) is 16.7. The molecule has 1 radical (unpaired) electrons. The predicted molar refractivity (Wildman–Crippen MR) is 107 cm³/mol. The molecule has 5 heteroatoms. The van der Waals surface area contributed by atoms with E-state index in [9.17, 15) is 10.0 Å². The highest BCUT2D eigenvalue weighted by molar-refractivity contribution is 5.78. The monoisotopic (exact) mass is 370 g/mol.